The Morgan fingerprint density at radius 3 is 2.95 bits per heavy atom. The molecular formula is C15H21N3O3. The molecule has 1 aliphatic heterocycles. The average molecular weight is 291 g/mol. The quantitative estimate of drug-likeness (QED) is 0.852. The Morgan fingerprint density at radius 2 is 2.24 bits per heavy atom. The van der Waals surface area contributed by atoms with Crippen molar-refractivity contribution < 1.29 is 9.53 Å². The van der Waals surface area contributed by atoms with Crippen molar-refractivity contribution in [3.05, 3.63) is 22.2 Å². The van der Waals surface area contributed by atoms with Gasteiger partial charge in [0.05, 0.1) is 6.61 Å². The molecule has 1 saturated carbocycles. The molecule has 1 N–H and O–H groups in total. The number of aromatic amines is 1. The highest BCUT2D eigenvalue weighted by Gasteiger charge is 2.32. The van der Waals surface area contributed by atoms with E-state index in [1.807, 2.05) is 11.8 Å². The molecule has 1 saturated heterocycles. The van der Waals surface area contributed by atoms with Crippen LogP contribution in [0.15, 0.2) is 10.9 Å². The molecule has 1 unspecified atom stereocenters. The minimum atomic E-state index is -0.319. The number of aromatic nitrogens is 2. The molecule has 0 radical (unpaired) electrons. The molecule has 2 aliphatic rings. The minimum absolute atomic E-state index is 0.143. The molecule has 1 aromatic heterocycles. The number of rotatable bonds is 4. The molecule has 1 atom stereocenters. The van der Waals surface area contributed by atoms with E-state index in [1.165, 1.54) is 6.07 Å². The second-order valence-corrected chi connectivity index (χ2v) is 5.72. The standard InChI is InChI=1S/C15H21N3O3/c1-2-21-15(20)11-5-3-4-8-18(11)12-9-13(19)17-14(16-12)10-6-7-10/h9-11H,2-8H2,1H3,(H,16,17,19). The monoisotopic (exact) mass is 291 g/mol. The second-order valence-electron chi connectivity index (χ2n) is 5.72. The number of nitrogens with one attached hydrogen (secondary N) is 1. The summed E-state index contributed by atoms with van der Waals surface area (Å²) in [6.07, 6.45) is 4.91. The average Bonchev–Trinajstić information content (AvgIpc) is 3.31. The van der Waals surface area contributed by atoms with Crippen molar-refractivity contribution in [2.75, 3.05) is 18.1 Å². The fourth-order valence-corrected chi connectivity index (χ4v) is 2.85. The number of ether oxygens (including phenoxy) is 1. The zero-order valence-corrected chi connectivity index (χ0v) is 12.3. The van der Waals surface area contributed by atoms with E-state index in [4.69, 9.17) is 4.74 Å². The topological polar surface area (TPSA) is 75.3 Å². The number of anilines is 1. The number of H-pyrrole nitrogens is 1. The van der Waals surface area contributed by atoms with Crippen LogP contribution in [0.2, 0.25) is 0 Å². The van der Waals surface area contributed by atoms with E-state index >= 15 is 0 Å². The second kappa shape index (κ2) is 5.87. The van der Waals surface area contributed by atoms with Crippen LogP contribution in [0.25, 0.3) is 0 Å². The fraction of sp³-hybridized carbons (Fsp3) is 0.667. The highest BCUT2D eigenvalue weighted by atomic mass is 16.5. The van der Waals surface area contributed by atoms with Crippen LogP contribution in [-0.4, -0.2) is 35.1 Å². The molecule has 0 bridgehead atoms. The Balaban J connectivity index is 1.88. The Morgan fingerprint density at radius 1 is 1.43 bits per heavy atom. The highest BCUT2D eigenvalue weighted by Crippen LogP contribution is 2.38. The first-order chi connectivity index (χ1) is 10.2. The van der Waals surface area contributed by atoms with E-state index in [0.29, 0.717) is 18.3 Å². The van der Waals surface area contributed by atoms with Gasteiger partial charge < -0.3 is 14.6 Å². The van der Waals surface area contributed by atoms with Crippen LogP contribution in [-0.2, 0) is 9.53 Å². The van der Waals surface area contributed by atoms with Crippen molar-refractivity contribution in [2.24, 2.45) is 0 Å². The molecule has 21 heavy (non-hydrogen) atoms. The molecule has 2 heterocycles. The van der Waals surface area contributed by atoms with Gasteiger partial charge in [0.1, 0.15) is 17.7 Å². The van der Waals surface area contributed by atoms with Gasteiger partial charge in [0.2, 0.25) is 0 Å². The number of nitrogens with zero attached hydrogens (tertiary/aromatic N) is 2. The van der Waals surface area contributed by atoms with Gasteiger partial charge in [0.25, 0.3) is 5.56 Å². The van der Waals surface area contributed by atoms with Crippen LogP contribution in [0.3, 0.4) is 0 Å². The van der Waals surface area contributed by atoms with E-state index in [2.05, 4.69) is 9.97 Å². The maximum absolute atomic E-state index is 12.1. The summed E-state index contributed by atoms with van der Waals surface area (Å²) < 4.78 is 5.16. The van der Waals surface area contributed by atoms with E-state index in [9.17, 15) is 9.59 Å². The number of hydrogen-bond acceptors (Lipinski definition) is 5. The summed E-state index contributed by atoms with van der Waals surface area (Å²) in [5.74, 6) is 1.53. The Bertz CT molecular complexity index is 580. The summed E-state index contributed by atoms with van der Waals surface area (Å²) in [6, 6.07) is 1.17. The molecule has 0 amide bonds. The van der Waals surface area contributed by atoms with Crippen molar-refractivity contribution in [3.63, 3.8) is 0 Å². The van der Waals surface area contributed by atoms with Crippen molar-refractivity contribution >= 4 is 11.8 Å². The predicted octanol–water partition coefficient (Wildman–Crippen LogP) is 1.57. The summed E-state index contributed by atoms with van der Waals surface area (Å²) in [5, 5.41) is 0. The third-order valence-corrected chi connectivity index (χ3v) is 4.07. The number of piperidine rings is 1. The van der Waals surface area contributed by atoms with Gasteiger partial charge >= 0.3 is 5.97 Å². The van der Waals surface area contributed by atoms with Gasteiger partial charge in [-0.3, -0.25) is 4.79 Å². The van der Waals surface area contributed by atoms with Crippen LogP contribution < -0.4 is 10.5 Å². The lowest BCUT2D eigenvalue weighted by atomic mass is 10.0. The molecule has 114 valence electrons. The lowest BCUT2D eigenvalue weighted by Gasteiger charge is -2.34. The number of esters is 1. The van der Waals surface area contributed by atoms with E-state index in [0.717, 1.165) is 44.5 Å². The van der Waals surface area contributed by atoms with Gasteiger partial charge in [-0.05, 0) is 39.0 Å². The minimum Gasteiger partial charge on any atom is -0.464 e. The predicted molar refractivity (Wildman–Crippen MR) is 78.5 cm³/mol. The van der Waals surface area contributed by atoms with Gasteiger partial charge in [-0.25, -0.2) is 9.78 Å². The highest BCUT2D eigenvalue weighted by molar-refractivity contribution is 5.79. The normalized spacial score (nSPS) is 22.1. The SMILES string of the molecule is CCOC(=O)C1CCCCN1c1cc(=O)[nH]c(C2CC2)n1. The summed E-state index contributed by atoms with van der Waals surface area (Å²) >= 11 is 0. The number of hydrogen-bond donors (Lipinski definition) is 1. The van der Waals surface area contributed by atoms with Crippen molar-refractivity contribution in [1.29, 1.82) is 0 Å². The van der Waals surface area contributed by atoms with E-state index in [1.54, 1.807) is 0 Å². The first-order valence-corrected chi connectivity index (χ1v) is 7.73. The fourth-order valence-electron chi connectivity index (χ4n) is 2.85. The van der Waals surface area contributed by atoms with Crippen LogP contribution in [0.5, 0.6) is 0 Å². The summed E-state index contributed by atoms with van der Waals surface area (Å²) in [7, 11) is 0. The van der Waals surface area contributed by atoms with Gasteiger partial charge in [-0.15, -0.1) is 0 Å². The number of carbonyl (C=O) groups excluding carboxylic acids is 1. The lowest BCUT2D eigenvalue weighted by molar-refractivity contribution is -0.145. The lowest BCUT2D eigenvalue weighted by Crippen LogP contribution is -2.46. The van der Waals surface area contributed by atoms with Gasteiger partial charge in [0.15, 0.2) is 0 Å². The summed E-state index contributed by atoms with van der Waals surface area (Å²) in [4.78, 5) is 33.3. The maximum atomic E-state index is 12.1. The van der Waals surface area contributed by atoms with Gasteiger partial charge in [-0.1, -0.05) is 0 Å². The Labute approximate surface area is 123 Å². The van der Waals surface area contributed by atoms with Crippen LogP contribution >= 0.6 is 0 Å². The molecule has 1 aliphatic carbocycles. The van der Waals surface area contributed by atoms with Crippen LogP contribution in [0.4, 0.5) is 5.82 Å². The Hall–Kier alpha value is -1.85. The maximum Gasteiger partial charge on any atom is 0.328 e. The molecule has 2 fully saturated rings. The largest absolute Gasteiger partial charge is 0.464 e. The van der Waals surface area contributed by atoms with Crippen molar-refractivity contribution in [1.82, 2.24) is 9.97 Å². The molecule has 6 heteroatoms. The van der Waals surface area contributed by atoms with Gasteiger partial charge in [0, 0.05) is 18.5 Å². The first kappa shape index (κ1) is 14.1. The zero-order valence-electron chi connectivity index (χ0n) is 12.3. The summed E-state index contributed by atoms with van der Waals surface area (Å²) in [6.45, 7) is 2.92. The molecule has 0 aromatic carbocycles. The molecule has 0 spiro atoms. The molecule has 3 rings (SSSR count). The molecule has 6 nitrogen and oxygen atoms in total. The van der Waals surface area contributed by atoms with E-state index in [-0.39, 0.29) is 17.6 Å². The van der Waals surface area contributed by atoms with Gasteiger partial charge in [-0.2, -0.15) is 0 Å². The van der Waals surface area contributed by atoms with Crippen molar-refractivity contribution in [3.8, 4) is 0 Å². The first-order valence-electron chi connectivity index (χ1n) is 7.73. The number of carbonyl (C=O) groups is 1. The zero-order chi connectivity index (χ0) is 14.8. The smallest absolute Gasteiger partial charge is 0.328 e. The summed E-state index contributed by atoms with van der Waals surface area (Å²) in [5.41, 5.74) is -0.143. The van der Waals surface area contributed by atoms with Crippen LogP contribution in [0.1, 0.15) is 50.8 Å². The molecule has 1 aromatic rings. The third kappa shape index (κ3) is 3.09. The Kier molecular flexibility index (Phi) is 3.94. The van der Waals surface area contributed by atoms with E-state index < -0.39 is 0 Å². The van der Waals surface area contributed by atoms with Crippen molar-refractivity contribution in [2.45, 2.75) is 51.0 Å². The third-order valence-electron chi connectivity index (χ3n) is 4.07. The molecular weight excluding hydrogens is 270 g/mol. The van der Waals surface area contributed by atoms with Crippen LogP contribution in [0, 0.1) is 0 Å².